The summed E-state index contributed by atoms with van der Waals surface area (Å²) in [5, 5.41) is 17.5. The molecule has 8 nitrogen and oxygen atoms in total. The zero-order valence-electron chi connectivity index (χ0n) is 16.1. The van der Waals surface area contributed by atoms with Crippen LogP contribution in [0, 0.1) is 22.7 Å². The van der Waals surface area contributed by atoms with Crippen molar-refractivity contribution in [3.05, 3.63) is 59.4 Å². The monoisotopic (exact) mass is 403 g/mol. The summed E-state index contributed by atoms with van der Waals surface area (Å²) in [6, 6.07) is 15.5. The van der Waals surface area contributed by atoms with E-state index in [1.165, 1.54) is 6.07 Å². The number of ketones is 1. The van der Waals surface area contributed by atoms with Crippen molar-refractivity contribution in [2.45, 2.75) is 0 Å². The summed E-state index contributed by atoms with van der Waals surface area (Å²) in [7, 11) is 1.56. The lowest BCUT2D eigenvalue weighted by atomic mass is 10.1. The number of Topliss-reactive ketones (excluding diaryl/α,β-unsaturated/α-hetero) is 1. The van der Waals surface area contributed by atoms with E-state index in [9.17, 15) is 9.59 Å². The number of methoxy groups -OCH3 is 1. The van der Waals surface area contributed by atoms with Gasteiger partial charge in [-0.1, -0.05) is 12.1 Å². The molecule has 0 spiro atoms. The van der Waals surface area contributed by atoms with Gasteiger partial charge in [0, 0.05) is 6.07 Å². The van der Waals surface area contributed by atoms with Gasteiger partial charge in [-0.15, -0.1) is 0 Å². The van der Waals surface area contributed by atoms with Crippen LogP contribution in [0.4, 0.5) is 0 Å². The Morgan fingerprint density at radius 2 is 1.90 bits per heavy atom. The zero-order chi connectivity index (χ0) is 21.5. The molecule has 30 heavy (non-hydrogen) atoms. The van der Waals surface area contributed by atoms with Crippen molar-refractivity contribution in [1.29, 1.82) is 10.5 Å². The third-order valence-electron chi connectivity index (χ3n) is 4.27. The smallest absolute Gasteiger partial charge is 0.262 e. The van der Waals surface area contributed by atoms with Gasteiger partial charge in [0.1, 0.15) is 30.3 Å². The van der Waals surface area contributed by atoms with Crippen LogP contribution in [0.2, 0.25) is 0 Å². The molecule has 0 saturated heterocycles. The molecule has 0 atom stereocenters. The number of carbonyl (C=O) groups excluding carboxylic acids is 2. The first-order valence-electron chi connectivity index (χ1n) is 8.92. The Hall–Kier alpha value is -4.30. The number of ether oxygens (including phenoxy) is 3. The highest BCUT2D eigenvalue weighted by Gasteiger charge is 2.28. The Bertz CT molecular complexity index is 1080. The molecule has 1 amide bonds. The summed E-state index contributed by atoms with van der Waals surface area (Å²) in [4.78, 5) is 25.7. The van der Waals surface area contributed by atoms with Gasteiger partial charge in [0.15, 0.2) is 12.4 Å². The molecule has 0 saturated carbocycles. The largest absolute Gasteiger partial charge is 0.497 e. The van der Waals surface area contributed by atoms with Gasteiger partial charge in [0.25, 0.3) is 5.91 Å². The average molecular weight is 403 g/mol. The topological polar surface area (TPSA) is 113 Å². The number of carbonyl (C=O) groups is 2. The fourth-order valence-corrected chi connectivity index (χ4v) is 2.78. The van der Waals surface area contributed by atoms with Crippen LogP contribution in [0.5, 0.6) is 17.2 Å². The van der Waals surface area contributed by atoms with Gasteiger partial charge >= 0.3 is 0 Å². The number of fused-ring (bicyclic) bond motifs is 1. The second-order valence-corrected chi connectivity index (χ2v) is 6.23. The predicted molar refractivity (Wildman–Crippen MR) is 106 cm³/mol. The molecular formula is C22H17N3O5. The van der Waals surface area contributed by atoms with E-state index >= 15 is 0 Å². The highest BCUT2D eigenvalue weighted by molar-refractivity contribution is 6.14. The van der Waals surface area contributed by atoms with Gasteiger partial charge in [0.05, 0.1) is 24.8 Å². The molecule has 0 radical (unpaired) electrons. The Kier molecular flexibility index (Phi) is 6.31. The Labute approximate surface area is 173 Å². The van der Waals surface area contributed by atoms with Crippen molar-refractivity contribution < 1.29 is 23.8 Å². The molecule has 0 fully saturated rings. The van der Waals surface area contributed by atoms with E-state index in [1.54, 1.807) is 37.5 Å². The van der Waals surface area contributed by atoms with Crippen LogP contribution in [0.1, 0.15) is 15.9 Å². The molecule has 0 bridgehead atoms. The SMILES string of the molecule is COc1cccc(C=C2Oc3cc(OCC(=O)N(CC#N)CC#N)ccc3C2=O)c1. The third-order valence-corrected chi connectivity index (χ3v) is 4.27. The van der Waals surface area contributed by atoms with E-state index in [0.717, 1.165) is 10.5 Å². The Balaban J connectivity index is 1.71. The summed E-state index contributed by atoms with van der Waals surface area (Å²) in [6.07, 6.45) is 1.62. The minimum atomic E-state index is -0.491. The number of nitrogens with zero attached hydrogens (tertiary/aromatic N) is 3. The standard InChI is InChI=1S/C22H17N3O5/c1-28-16-4-2-3-15(11-16)12-20-22(27)18-6-5-17(13-19(18)30-20)29-14-21(26)25(9-7-23)10-8-24/h2-6,11-13H,9-10,14H2,1H3. The summed E-state index contributed by atoms with van der Waals surface area (Å²) >= 11 is 0. The molecule has 0 unspecified atom stereocenters. The Morgan fingerprint density at radius 1 is 1.13 bits per heavy atom. The van der Waals surface area contributed by atoms with E-state index < -0.39 is 5.91 Å². The number of rotatable bonds is 7. The minimum absolute atomic E-state index is 0.167. The molecule has 2 aromatic rings. The van der Waals surface area contributed by atoms with Gasteiger partial charge in [-0.2, -0.15) is 10.5 Å². The maximum absolute atomic E-state index is 12.6. The Morgan fingerprint density at radius 3 is 2.60 bits per heavy atom. The molecular weight excluding hydrogens is 386 g/mol. The fourth-order valence-electron chi connectivity index (χ4n) is 2.78. The third kappa shape index (κ3) is 4.57. The summed E-state index contributed by atoms with van der Waals surface area (Å²) < 4.78 is 16.3. The molecule has 1 aliphatic rings. The van der Waals surface area contributed by atoms with Crippen molar-refractivity contribution in [3.63, 3.8) is 0 Å². The lowest BCUT2D eigenvalue weighted by molar-refractivity contribution is -0.132. The highest BCUT2D eigenvalue weighted by atomic mass is 16.5. The first-order valence-corrected chi connectivity index (χ1v) is 8.92. The van der Waals surface area contributed by atoms with Crippen LogP contribution < -0.4 is 14.2 Å². The number of amides is 1. The maximum atomic E-state index is 12.6. The quantitative estimate of drug-likeness (QED) is 0.516. The predicted octanol–water partition coefficient (Wildman–Crippen LogP) is 2.57. The number of hydrogen-bond donors (Lipinski definition) is 0. The molecule has 0 aromatic heterocycles. The lowest BCUT2D eigenvalue weighted by Crippen LogP contribution is -2.35. The average Bonchev–Trinajstić information content (AvgIpc) is 3.06. The van der Waals surface area contributed by atoms with E-state index in [-0.39, 0.29) is 31.2 Å². The van der Waals surface area contributed by atoms with Crippen molar-refractivity contribution in [3.8, 4) is 29.4 Å². The van der Waals surface area contributed by atoms with Gasteiger partial charge in [-0.25, -0.2) is 0 Å². The molecule has 0 aliphatic carbocycles. The molecule has 1 aliphatic heterocycles. The molecule has 0 N–H and O–H groups in total. The van der Waals surface area contributed by atoms with Gasteiger partial charge in [-0.05, 0) is 35.9 Å². The number of hydrogen-bond acceptors (Lipinski definition) is 7. The lowest BCUT2D eigenvalue weighted by Gasteiger charge is -2.16. The second kappa shape index (κ2) is 9.26. The van der Waals surface area contributed by atoms with Crippen LogP contribution in [-0.4, -0.2) is 43.4 Å². The maximum Gasteiger partial charge on any atom is 0.262 e. The van der Waals surface area contributed by atoms with Crippen LogP contribution in [-0.2, 0) is 4.79 Å². The molecule has 3 rings (SSSR count). The first-order chi connectivity index (χ1) is 14.5. The summed E-state index contributed by atoms with van der Waals surface area (Å²) in [5.74, 6) is 0.727. The van der Waals surface area contributed by atoms with Gasteiger partial charge < -0.3 is 19.1 Å². The van der Waals surface area contributed by atoms with Gasteiger partial charge in [0.2, 0.25) is 5.78 Å². The zero-order valence-corrected chi connectivity index (χ0v) is 16.1. The molecule has 2 aromatic carbocycles. The molecule has 1 heterocycles. The van der Waals surface area contributed by atoms with Gasteiger partial charge in [-0.3, -0.25) is 9.59 Å². The van der Waals surface area contributed by atoms with Crippen molar-refractivity contribution >= 4 is 17.8 Å². The minimum Gasteiger partial charge on any atom is -0.497 e. The van der Waals surface area contributed by atoms with Crippen molar-refractivity contribution in [2.24, 2.45) is 0 Å². The normalized spacial score (nSPS) is 13.0. The second-order valence-electron chi connectivity index (χ2n) is 6.23. The van der Waals surface area contributed by atoms with Crippen molar-refractivity contribution in [2.75, 3.05) is 26.8 Å². The van der Waals surface area contributed by atoms with Crippen molar-refractivity contribution in [1.82, 2.24) is 4.90 Å². The van der Waals surface area contributed by atoms with E-state index in [1.807, 2.05) is 24.3 Å². The molecule has 8 heteroatoms. The van der Waals surface area contributed by atoms with Crippen LogP contribution >= 0.6 is 0 Å². The van der Waals surface area contributed by atoms with E-state index in [2.05, 4.69) is 0 Å². The van der Waals surface area contributed by atoms with E-state index in [0.29, 0.717) is 22.8 Å². The first kappa shape index (κ1) is 20.4. The number of nitriles is 2. The molecule has 150 valence electrons. The number of allylic oxidation sites excluding steroid dienone is 1. The van der Waals surface area contributed by atoms with E-state index in [4.69, 9.17) is 24.7 Å². The summed E-state index contributed by atoms with van der Waals surface area (Å²) in [6.45, 7) is -0.742. The van der Waals surface area contributed by atoms with Crippen LogP contribution in [0.15, 0.2) is 48.2 Å². The summed E-state index contributed by atoms with van der Waals surface area (Å²) in [5.41, 5.74) is 1.14. The van der Waals surface area contributed by atoms with Crippen LogP contribution in [0.3, 0.4) is 0 Å². The van der Waals surface area contributed by atoms with Crippen LogP contribution in [0.25, 0.3) is 6.08 Å². The fraction of sp³-hybridized carbons (Fsp3) is 0.182. The number of benzene rings is 2. The highest BCUT2D eigenvalue weighted by Crippen LogP contribution is 2.35.